The highest BCUT2D eigenvalue weighted by molar-refractivity contribution is 8.13. The minimum Gasteiger partial charge on any atom is -0.493 e. The van der Waals surface area contributed by atoms with Gasteiger partial charge in [-0.3, -0.25) is 9.59 Å². The third-order valence-corrected chi connectivity index (χ3v) is 4.45. The number of thioether (sulfide) groups is 1. The number of nitrogens with zero attached hydrogens (tertiary/aromatic N) is 1. The van der Waals surface area contributed by atoms with Gasteiger partial charge in [0.15, 0.2) is 16.6 Å². The maximum absolute atomic E-state index is 12.1. The lowest BCUT2D eigenvalue weighted by Gasteiger charge is -2.18. The number of methoxy groups -OCH3 is 2. The van der Waals surface area contributed by atoms with E-state index in [1.54, 1.807) is 38.2 Å². The largest absolute Gasteiger partial charge is 0.493 e. The predicted octanol–water partition coefficient (Wildman–Crippen LogP) is 2.34. The summed E-state index contributed by atoms with van der Waals surface area (Å²) in [7, 11) is 3.15. The summed E-state index contributed by atoms with van der Waals surface area (Å²) in [5.74, 6) is 2.21. The summed E-state index contributed by atoms with van der Waals surface area (Å²) in [4.78, 5) is 24.9. The third kappa shape index (κ3) is 3.69. The van der Waals surface area contributed by atoms with Crippen LogP contribution in [-0.4, -0.2) is 37.5 Å². The van der Waals surface area contributed by atoms with Crippen molar-refractivity contribution in [2.45, 2.75) is 13.3 Å². The fourth-order valence-electron chi connectivity index (χ4n) is 2.37. The molecule has 0 saturated carbocycles. The molecule has 114 valence electrons. The van der Waals surface area contributed by atoms with Gasteiger partial charge in [0.2, 0.25) is 5.91 Å². The molecule has 1 heterocycles. The van der Waals surface area contributed by atoms with Crippen molar-refractivity contribution < 1.29 is 19.1 Å². The normalized spacial score (nSPS) is 18.0. The van der Waals surface area contributed by atoms with Crippen molar-refractivity contribution >= 4 is 28.5 Å². The number of rotatable bonds is 5. The van der Waals surface area contributed by atoms with Crippen molar-refractivity contribution in [3.05, 3.63) is 18.2 Å². The molecule has 0 radical (unpaired) electrons. The van der Waals surface area contributed by atoms with E-state index in [1.165, 1.54) is 11.8 Å². The number of hydrogen-bond acceptors (Lipinski definition) is 5. The van der Waals surface area contributed by atoms with Crippen LogP contribution >= 0.6 is 11.8 Å². The van der Waals surface area contributed by atoms with Crippen molar-refractivity contribution in [2.24, 2.45) is 5.92 Å². The first-order chi connectivity index (χ1) is 10.0. The van der Waals surface area contributed by atoms with Crippen LogP contribution in [-0.2, 0) is 9.59 Å². The van der Waals surface area contributed by atoms with Crippen LogP contribution in [0.15, 0.2) is 18.2 Å². The van der Waals surface area contributed by atoms with Crippen molar-refractivity contribution in [3.8, 4) is 11.5 Å². The molecule has 1 atom stereocenters. The Hall–Kier alpha value is -1.69. The monoisotopic (exact) mass is 309 g/mol. The van der Waals surface area contributed by atoms with Gasteiger partial charge in [0.25, 0.3) is 0 Å². The van der Waals surface area contributed by atoms with Gasteiger partial charge in [0.05, 0.1) is 14.2 Å². The van der Waals surface area contributed by atoms with Gasteiger partial charge in [-0.2, -0.15) is 0 Å². The molecule has 0 aromatic heterocycles. The Labute approximate surface area is 128 Å². The number of benzene rings is 1. The van der Waals surface area contributed by atoms with Gasteiger partial charge in [-0.15, -0.1) is 0 Å². The van der Waals surface area contributed by atoms with Gasteiger partial charge in [0, 0.05) is 37.4 Å². The minimum atomic E-state index is 0.0800. The van der Waals surface area contributed by atoms with Crippen LogP contribution in [0.4, 0.5) is 5.69 Å². The van der Waals surface area contributed by atoms with E-state index in [9.17, 15) is 9.59 Å². The lowest BCUT2D eigenvalue weighted by atomic mass is 10.1. The molecule has 1 aliphatic heterocycles. The van der Waals surface area contributed by atoms with Crippen molar-refractivity contribution in [2.75, 3.05) is 31.4 Å². The Morgan fingerprint density at radius 1 is 1.33 bits per heavy atom. The molecule has 0 aliphatic carbocycles. The molecule has 1 aromatic carbocycles. The summed E-state index contributed by atoms with van der Waals surface area (Å²) in [6.45, 7) is 2.18. The fraction of sp³-hybridized carbons (Fsp3) is 0.467. The molecule has 1 fully saturated rings. The Morgan fingerprint density at radius 2 is 2.05 bits per heavy atom. The van der Waals surface area contributed by atoms with Gasteiger partial charge < -0.3 is 14.4 Å². The molecule has 6 heteroatoms. The maximum atomic E-state index is 12.1. The van der Waals surface area contributed by atoms with E-state index in [0.717, 1.165) is 5.69 Å². The van der Waals surface area contributed by atoms with Gasteiger partial charge in [-0.05, 0) is 18.1 Å². The maximum Gasteiger partial charge on any atom is 0.227 e. The van der Waals surface area contributed by atoms with Crippen molar-refractivity contribution in [3.63, 3.8) is 0 Å². The zero-order valence-electron chi connectivity index (χ0n) is 12.4. The molecule has 1 aromatic rings. The van der Waals surface area contributed by atoms with Crippen LogP contribution in [0.2, 0.25) is 0 Å². The number of anilines is 1. The molecule has 0 N–H and O–H groups in total. The number of carbonyl (C=O) groups excluding carboxylic acids is 2. The van der Waals surface area contributed by atoms with E-state index in [0.29, 0.717) is 30.2 Å². The number of amides is 1. The highest BCUT2D eigenvalue weighted by atomic mass is 32.2. The van der Waals surface area contributed by atoms with Gasteiger partial charge in [-0.1, -0.05) is 11.8 Å². The average Bonchev–Trinajstić information content (AvgIpc) is 2.85. The SMILES string of the molecule is COc1ccc(N2CC(CSC(C)=O)CC2=O)cc1OC. The molecule has 0 spiro atoms. The molecule has 1 unspecified atom stereocenters. The van der Waals surface area contributed by atoms with E-state index < -0.39 is 0 Å². The zero-order valence-corrected chi connectivity index (χ0v) is 13.2. The topological polar surface area (TPSA) is 55.8 Å². The summed E-state index contributed by atoms with van der Waals surface area (Å²) in [6, 6.07) is 5.44. The second kappa shape index (κ2) is 6.85. The molecule has 0 bridgehead atoms. The molecule has 1 aliphatic rings. The number of carbonyl (C=O) groups is 2. The predicted molar refractivity (Wildman–Crippen MR) is 83.1 cm³/mol. The Balaban J connectivity index is 2.11. The van der Waals surface area contributed by atoms with Gasteiger partial charge in [0.1, 0.15) is 0 Å². The molecule has 2 rings (SSSR count). The first-order valence-electron chi connectivity index (χ1n) is 6.71. The van der Waals surface area contributed by atoms with E-state index in [-0.39, 0.29) is 16.9 Å². The second-order valence-electron chi connectivity index (χ2n) is 4.92. The smallest absolute Gasteiger partial charge is 0.227 e. The highest BCUT2D eigenvalue weighted by Crippen LogP contribution is 2.34. The molecule has 5 nitrogen and oxygen atoms in total. The van der Waals surface area contributed by atoms with Crippen LogP contribution < -0.4 is 14.4 Å². The number of hydrogen-bond donors (Lipinski definition) is 0. The highest BCUT2D eigenvalue weighted by Gasteiger charge is 2.31. The van der Waals surface area contributed by atoms with Crippen LogP contribution in [0.25, 0.3) is 0 Å². The van der Waals surface area contributed by atoms with E-state index in [2.05, 4.69) is 0 Å². The zero-order chi connectivity index (χ0) is 15.4. The summed E-state index contributed by atoms with van der Waals surface area (Å²) in [5.41, 5.74) is 0.799. The summed E-state index contributed by atoms with van der Waals surface area (Å²) in [5, 5.41) is 0.0898. The van der Waals surface area contributed by atoms with Gasteiger partial charge >= 0.3 is 0 Å². The van der Waals surface area contributed by atoms with E-state index in [1.807, 2.05) is 6.07 Å². The molecular weight excluding hydrogens is 290 g/mol. The summed E-state index contributed by atoms with van der Waals surface area (Å²) >= 11 is 1.28. The molecule has 21 heavy (non-hydrogen) atoms. The molecule has 1 amide bonds. The van der Waals surface area contributed by atoms with Crippen LogP contribution in [0.3, 0.4) is 0 Å². The summed E-state index contributed by atoms with van der Waals surface area (Å²) in [6.07, 6.45) is 0.481. The summed E-state index contributed by atoms with van der Waals surface area (Å²) < 4.78 is 10.5. The lowest BCUT2D eigenvalue weighted by molar-refractivity contribution is -0.117. The van der Waals surface area contributed by atoms with Crippen molar-refractivity contribution in [1.29, 1.82) is 0 Å². The quantitative estimate of drug-likeness (QED) is 0.835. The molecular formula is C15H19NO4S. The molecule has 1 saturated heterocycles. The van der Waals surface area contributed by atoms with Crippen LogP contribution in [0.1, 0.15) is 13.3 Å². The van der Waals surface area contributed by atoms with Crippen LogP contribution in [0.5, 0.6) is 11.5 Å². The van der Waals surface area contributed by atoms with E-state index >= 15 is 0 Å². The standard InChI is InChI=1S/C15H19NO4S/c1-10(17)21-9-11-6-15(18)16(8-11)12-4-5-13(19-2)14(7-12)20-3/h4-5,7,11H,6,8-9H2,1-3H3. The lowest BCUT2D eigenvalue weighted by Crippen LogP contribution is -2.24. The van der Waals surface area contributed by atoms with E-state index in [4.69, 9.17) is 9.47 Å². The fourth-order valence-corrected chi connectivity index (χ4v) is 3.06. The minimum absolute atomic E-state index is 0.0800. The Bertz CT molecular complexity index is 546. The Morgan fingerprint density at radius 3 is 2.67 bits per heavy atom. The van der Waals surface area contributed by atoms with Gasteiger partial charge in [-0.25, -0.2) is 0 Å². The third-order valence-electron chi connectivity index (χ3n) is 3.41. The average molecular weight is 309 g/mol. The first-order valence-corrected chi connectivity index (χ1v) is 7.69. The first kappa shape index (κ1) is 15.7. The second-order valence-corrected chi connectivity index (χ2v) is 6.11. The van der Waals surface area contributed by atoms with Crippen LogP contribution in [0, 0.1) is 5.92 Å². The number of ether oxygens (including phenoxy) is 2. The Kier molecular flexibility index (Phi) is 5.12. The van der Waals surface area contributed by atoms with Crippen molar-refractivity contribution in [1.82, 2.24) is 0 Å².